The van der Waals surface area contributed by atoms with Crippen molar-refractivity contribution in [1.82, 2.24) is 0 Å². The molecule has 1 fully saturated rings. The van der Waals surface area contributed by atoms with Crippen LogP contribution in [0.4, 0.5) is 5.69 Å². The highest BCUT2D eigenvalue weighted by atomic mass is 35.5. The van der Waals surface area contributed by atoms with E-state index in [1.54, 1.807) is 0 Å². The minimum atomic E-state index is 0.344. The summed E-state index contributed by atoms with van der Waals surface area (Å²) in [5.41, 5.74) is 7.79. The zero-order valence-corrected chi connectivity index (χ0v) is 11.6. The van der Waals surface area contributed by atoms with Crippen LogP contribution in [-0.2, 0) is 11.3 Å². The van der Waals surface area contributed by atoms with E-state index in [1.165, 1.54) is 12.1 Å². The molecule has 4 heteroatoms. The summed E-state index contributed by atoms with van der Waals surface area (Å²) in [7, 11) is 0. The van der Waals surface area contributed by atoms with Gasteiger partial charge in [-0.1, -0.05) is 17.7 Å². The molecule has 0 aliphatic carbocycles. The number of piperidine rings is 1. The van der Waals surface area contributed by atoms with Gasteiger partial charge in [0.2, 0.25) is 0 Å². The third-order valence-corrected chi connectivity index (χ3v) is 3.75. The van der Waals surface area contributed by atoms with E-state index in [4.69, 9.17) is 22.1 Å². The minimum Gasteiger partial charge on any atom is -0.377 e. The summed E-state index contributed by atoms with van der Waals surface area (Å²) in [4.78, 5) is 2.34. The summed E-state index contributed by atoms with van der Waals surface area (Å²) >= 11 is 6.21. The van der Waals surface area contributed by atoms with Gasteiger partial charge < -0.3 is 15.4 Å². The summed E-state index contributed by atoms with van der Waals surface area (Å²) in [6.45, 7) is 5.34. The van der Waals surface area contributed by atoms with Crippen molar-refractivity contribution in [3.8, 4) is 0 Å². The first kappa shape index (κ1) is 13.7. The Labute approximate surface area is 114 Å². The molecule has 1 aromatic carbocycles. The molecule has 18 heavy (non-hydrogen) atoms. The first-order valence-corrected chi connectivity index (χ1v) is 6.97. The number of rotatable bonds is 4. The zero-order chi connectivity index (χ0) is 13.0. The van der Waals surface area contributed by atoms with Crippen LogP contribution in [0.2, 0.25) is 5.02 Å². The number of nitrogens with zero attached hydrogens (tertiary/aromatic N) is 1. The Bertz CT molecular complexity index is 395. The van der Waals surface area contributed by atoms with E-state index in [0.717, 1.165) is 36.7 Å². The van der Waals surface area contributed by atoms with Crippen molar-refractivity contribution < 1.29 is 4.74 Å². The minimum absolute atomic E-state index is 0.344. The molecular formula is C14H21ClN2O. The summed E-state index contributed by atoms with van der Waals surface area (Å²) in [6.07, 6.45) is 2.66. The van der Waals surface area contributed by atoms with Crippen molar-refractivity contribution in [2.24, 2.45) is 5.73 Å². The van der Waals surface area contributed by atoms with E-state index < -0.39 is 0 Å². The molecule has 1 saturated heterocycles. The molecule has 1 aromatic rings. The number of halogens is 1. The van der Waals surface area contributed by atoms with Crippen molar-refractivity contribution >= 4 is 17.3 Å². The smallest absolute Gasteiger partial charge is 0.0750 e. The maximum absolute atomic E-state index is 6.21. The molecule has 0 saturated carbocycles. The molecule has 0 spiro atoms. The average molecular weight is 269 g/mol. The number of hydrogen-bond donors (Lipinski definition) is 1. The van der Waals surface area contributed by atoms with E-state index in [9.17, 15) is 0 Å². The molecule has 3 nitrogen and oxygen atoms in total. The monoisotopic (exact) mass is 268 g/mol. The standard InChI is InChI=1S/C14H21ClN2O/c1-2-18-13-4-3-7-17(10-13)12-6-5-11(9-16)14(15)8-12/h5-6,8,13H,2-4,7,9-10,16H2,1H3. The molecule has 1 aliphatic rings. The molecule has 0 aromatic heterocycles. The van der Waals surface area contributed by atoms with Gasteiger partial charge in [0, 0.05) is 37.0 Å². The molecule has 1 heterocycles. The summed E-state index contributed by atoms with van der Waals surface area (Å²) < 4.78 is 5.72. The van der Waals surface area contributed by atoms with Gasteiger partial charge in [-0.3, -0.25) is 0 Å². The molecular weight excluding hydrogens is 248 g/mol. The number of hydrogen-bond acceptors (Lipinski definition) is 3. The van der Waals surface area contributed by atoms with Crippen LogP contribution in [0.25, 0.3) is 0 Å². The predicted molar refractivity (Wildman–Crippen MR) is 76.2 cm³/mol. The average Bonchev–Trinajstić information content (AvgIpc) is 2.39. The number of ether oxygens (including phenoxy) is 1. The highest BCUT2D eigenvalue weighted by Gasteiger charge is 2.20. The fourth-order valence-electron chi connectivity index (χ4n) is 2.44. The Morgan fingerprint density at radius 3 is 3.00 bits per heavy atom. The van der Waals surface area contributed by atoms with Gasteiger partial charge in [-0.25, -0.2) is 0 Å². The SMILES string of the molecule is CCOC1CCCN(c2ccc(CN)c(Cl)c2)C1. The second-order valence-corrected chi connectivity index (χ2v) is 5.05. The summed E-state index contributed by atoms with van der Waals surface area (Å²) in [5.74, 6) is 0. The third kappa shape index (κ3) is 3.16. The van der Waals surface area contributed by atoms with E-state index >= 15 is 0 Å². The molecule has 1 atom stereocenters. The second-order valence-electron chi connectivity index (χ2n) is 4.65. The van der Waals surface area contributed by atoms with Crippen molar-refractivity contribution in [3.05, 3.63) is 28.8 Å². The van der Waals surface area contributed by atoms with Gasteiger partial charge in [-0.2, -0.15) is 0 Å². The van der Waals surface area contributed by atoms with Gasteiger partial charge in [-0.15, -0.1) is 0 Å². The van der Waals surface area contributed by atoms with Crippen molar-refractivity contribution in [2.45, 2.75) is 32.4 Å². The number of anilines is 1. The van der Waals surface area contributed by atoms with Crippen LogP contribution in [0.5, 0.6) is 0 Å². The Morgan fingerprint density at radius 2 is 2.33 bits per heavy atom. The molecule has 1 aliphatic heterocycles. The highest BCUT2D eigenvalue weighted by Crippen LogP contribution is 2.26. The molecule has 0 amide bonds. The van der Waals surface area contributed by atoms with Crippen LogP contribution >= 0.6 is 11.6 Å². The van der Waals surface area contributed by atoms with Crippen molar-refractivity contribution in [3.63, 3.8) is 0 Å². The lowest BCUT2D eigenvalue weighted by molar-refractivity contribution is 0.0527. The maximum Gasteiger partial charge on any atom is 0.0750 e. The largest absolute Gasteiger partial charge is 0.377 e. The molecule has 0 bridgehead atoms. The topological polar surface area (TPSA) is 38.5 Å². The second kappa shape index (κ2) is 6.41. The fourth-order valence-corrected chi connectivity index (χ4v) is 2.69. The summed E-state index contributed by atoms with van der Waals surface area (Å²) in [6, 6.07) is 6.13. The summed E-state index contributed by atoms with van der Waals surface area (Å²) in [5, 5.41) is 0.758. The quantitative estimate of drug-likeness (QED) is 0.913. The lowest BCUT2D eigenvalue weighted by Crippen LogP contribution is -2.39. The number of benzene rings is 1. The van der Waals surface area contributed by atoms with E-state index in [0.29, 0.717) is 12.6 Å². The molecule has 0 radical (unpaired) electrons. The van der Waals surface area contributed by atoms with Crippen LogP contribution in [0, 0.1) is 0 Å². The van der Waals surface area contributed by atoms with Crippen LogP contribution in [0.15, 0.2) is 18.2 Å². The van der Waals surface area contributed by atoms with Gasteiger partial charge in [0.05, 0.1) is 6.10 Å². The first-order valence-electron chi connectivity index (χ1n) is 6.59. The Balaban J connectivity index is 2.08. The molecule has 2 rings (SSSR count). The zero-order valence-electron chi connectivity index (χ0n) is 10.9. The molecule has 1 unspecified atom stereocenters. The lowest BCUT2D eigenvalue weighted by atomic mass is 10.1. The number of nitrogens with two attached hydrogens (primary N) is 1. The van der Waals surface area contributed by atoms with Gasteiger partial charge in [0.1, 0.15) is 0 Å². The Kier molecular flexibility index (Phi) is 4.87. The van der Waals surface area contributed by atoms with Crippen LogP contribution in [0.3, 0.4) is 0 Å². The van der Waals surface area contributed by atoms with E-state index in [2.05, 4.69) is 11.0 Å². The normalized spacial score (nSPS) is 20.2. The first-order chi connectivity index (χ1) is 8.74. The molecule has 100 valence electrons. The van der Waals surface area contributed by atoms with Gasteiger partial charge in [-0.05, 0) is 37.5 Å². The Morgan fingerprint density at radius 1 is 1.50 bits per heavy atom. The van der Waals surface area contributed by atoms with Crippen LogP contribution in [0.1, 0.15) is 25.3 Å². The van der Waals surface area contributed by atoms with Gasteiger partial charge in [0.15, 0.2) is 0 Å². The van der Waals surface area contributed by atoms with E-state index in [1.807, 2.05) is 19.1 Å². The van der Waals surface area contributed by atoms with Gasteiger partial charge in [0.25, 0.3) is 0 Å². The third-order valence-electron chi connectivity index (χ3n) is 3.40. The highest BCUT2D eigenvalue weighted by molar-refractivity contribution is 6.31. The van der Waals surface area contributed by atoms with E-state index in [-0.39, 0.29) is 0 Å². The van der Waals surface area contributed by atoms with Crippen LogP contribution in [-0.4, -0.2) is 25.8 Å². The fraction of sp³-hybridized carbons (Fsp3) is 0.571. The van der Waals surface area contributed by atoms with Crippen molar-refractivity contribution in [2.75, 3.05) is 24.6 Å². The lowest BCUT2D eigenvalue weighted by Gasteiger charge is -2.34. The Hall–Kier alpha value is -0.770. The van der Waals surface area contributed by atoms with Crippen molar-refractivity contribution in [1.29, 1.82) is 0 Å². The maximum atomic E-state index is 6.21. The van der Waals surface area contributed by atoms with Crippen LogP contribution < -0.4 is 10.6 Å². The predicted octanol–water partition coefficient (Wildman–Crippen LogP) is 2.80. The van der Waals surface area contributed by atoms with Gasteiger partial charge >= 0.3 is 0 Å². The molecule has 2 N–H and O–H groups in total.